The van der Waals surface area contributed by atoms with Crippen molar-refractivity contribution in [2.45, 2.75) is 12.5 Å². The summed E-state index contributed by atoms with van der Waals surface area (Å²) in [5, 5.41) is 17.7. The van der Waals surface area contributed by atoms with Crippen LogP contribution in [0.15, 0.2) is 24.8 Å². The average molecular weight is 268 g/mol. The Balaban J connectivity index is 2.05. The molecule has 6 nitrogen and oxygen atoms in total. The van der Waals surface area contributed by atoms with Gasteiger partial charge in [-0.3, -0.25) is 9.67 Å². The summed E-state index contributed by atoms with van der Waals surface area (Å²) in [5.74, 6) is 0.520. The summed E-state index contributed by atoms with van der Waals surface area (Å²) in [6, 6.07) is 0. The molecule has 0 fully saturated rings. The van der Waals surface area contributed by atoms with Gasteiger partial charge in [0, 0.05) is 25.4 Å². The van der Waals surface area contributed by atoms with E-state index < -0.39 is 5.60 Å². The summed E-state index contributed by atoms with van der Waals surface area (Å²) in [4.78, 5) is 7.94. The van der Waals surface area contributed by atoms with Crippen LogP contribution < -0.4 is 5.32 Å². The van der Waals surface area contributed by atoms with Crippen LogP contribution in [0.25, 0.3) is 0 Å². The minimum atomic E-state index is -1.04. The van der Waals surface area contributed by atoms with Crippen molar-refractivity contribution in [2.24, 2.45) is 7.05 Å². The Hall–Kier alpha value is -1.66. The number of halogens is 1. The molecule has 0 aliphatic heterocycles. The Bertz CT molecular complexity index is 540. The molecule has 0 amide bonds. The summed E-state index contributed by atoms with van der Waals surface area (Å²) >= 11 is 5.73. The maximum absolute atomic E-state index is 10.3. The van der Waals surface area contributed by atoms with Gasteiger partial charge >= 0.3 is 0 Å². The van der Waals surface area contributed by atoms with Crippen LogP contribution in [0.2, 0.25) is 5.15 Å². The second-order valence-corrected chi connectivity index (χ2v) is 4.64. The van der Waals surface area contributed by atoms with Crippen LogP contribution >= 0.6 is 11.6 Å². The van der Waals surface area contributed by atoms with E-state index in [0.29, 0.717) is 11.0 Å². The second-order valence-electron chi connectivity index (χ2n) is 4.26. The average Bonchev–Trinajstić information content (AvgIpc) is 2.74. The highest BCUT2D eigenvalue weighted by Crippen LogP contribution is 2.20. The third-order valence-electron chi connectivity index (χ3n) is 2.55. The van der Waals surface area contributed by atoms with Gasteiger partial charge in [0.2, 0.25) is 0 Å². The Morgan fingerprint density at radius 3 is 2.83 bits per heavy atom. The Kier molecular flexibility index (Phi) is 3.49. The van der Waals surface area contributed by atoms with Gasteiger partial charge in [-0.25, -0.2) is 4.98 Å². The van der Waals surface area contributed by atoms with Gasteiger partial charge in [0.15, 0.2) is 0 Å². The Labute approximate surface area is 110 Å². The van der Waals surface area contributed by atoms with Crippen LogP contribution in [0, 0.1) is 0 Å². The fourth-order valence-electron chi connectivity index (χ4n) is 1.49. The normalized spacial score (nSPS) is 14.2. The number of aryl methyl sites for hydroxylation is 1. The number of hydrogen-bond donors (Lipinski definition) is 2. The maximum atomic E-state index is 10.3. The summed E-state index contributed by atoms with van der Waals surface area (Å²) in [6.07, 6.45) is 6.40. The number of anilines is 1. The zero-order valence-electron chi connectivity index (χ0n) is 10.1. The quantitative estimate of drug-likeness (QED) is 0.870. The fraction of sp³-hybridized carbons (Fsp3) is 0.364. The molecular formula is C11H14ClN5O. The van der Waals surface area contributed by atoms with Crippen LogP contribution in [0.3, 0.4) is 0 Å². The van der Waals surface area contributed by atoms with Gasteiger partial charge in [0.05, 0.1) is 18.6 Å². The van der Waals surface area contributed by atoms with Gasteiger partial charge in [-0.1, -0.05) is 11.6 Å². The third kappa shape index (κ3) is 2.96. The van der Waals surface area contributed by atoms with Gasteiger partial charge in [0.25, 0.3) is 0 Å². The lowest BCUT2D eigenvalue weighted by Gasteiger charge is -2.22. The van der Waals surface area contributed by atoms with Crippen LogP contribution in [0.1, 0.15) is 12.5 Å². The van der Waals surface area contributed by atoms with Crippen molar-refractivity contribution < 1.29 is 5.11 Å². The molecule has 0 aliphatic carbocycles. The number of nitrogens with one attached hydrogen (secondary N) is 1. The van der Waals surface area contributed by atoms with E-state index in [1.807, 2.05) is 0 Å². The number of hydrogen-bond acceptors (Lipinski definition) is 5. The molecule has 96 valence electrons. The van der Waals surface area contributed by atoms with E-state index in [1.165, 1.54) is 6.20 Å². The van der Waals surface area contributed by atoms with Crippen LogP contribution in [-0.4, -0.2) is 31.4 Å². The largest absolute Gasteiger partial charge is 0.383 e. The van der Waals surface area contributed by atoms with Gasteiger partial charge in [-0.2, -0.15) is 5.10 Å². The summed E-state index contributed by atoms with van der Waals surface area (Å²) < 4.78 is 1.64. The van der Waals surface area contributed by atoms with Crippen LogP contribution in [-0.2, 0) is 12.6 Å². The van der Waals surface area contributed by atoms with Crippen molar-refractivity contribution in [3.63, 3.8) is 0 Å². The lowest BCUT2D eigenvalue weighted by molar-refractivity contribution is 0.0713. The first-order valence-corrected chi connectivity index (χ1v) is 5.78. The van der Waals surface area contributed by atoms with E-state index in [1.54, 1.807) is 37.2 Å². The monoisotopic (exact) mass is 267 g/mol. The van der Waals surface area contributed by atoms with E-state index in [2.05, 4.69) is 20.4 Å². The molecular weight excluding hydrogens is 254 g/mol. The zero-order valence-corrected chi connectivity index (χ0v) is 10.9. The van der Waals surface area contributed by atoms with Crippen molar-refractivity contribution >= 4 is 17.4 Å². The van der Waals surface area contributed by atoms with Gasteiger partial charge in [-0.15, -0.1) is 0 Å². The van der Waals surface area contributed by atoms with Gasteiger partial charge in [0.1, 0.15) is 16.6 Å². The number of aliphatic hydroxyl groups is 1. The molecule has 2 aromatic rings. The molecule has 2 heterocycles. The first-order chi connectivity index (χ1) is 8.47. The van der Waals surface area contributed by atoms with Crippen LogP contribution in [0.4, 0.5) is 5.82 Å². The first-order valence-electron chi connectivity index (χ1n) is 5.40. The van der Waals surface area contributed by atoms with E-state index in [0.717, 1.165) is 5.56 Å². The lowest BCUT2D eigenvalue weighted by Crippen LogP contribution is -2.30. The maximum Gasteiger partial charge on any atom is 0.149 e. The molecule has 0 saturated carbocycles. The molecule has 2 rings (SSSR count). The Morgan fingerprint density at radius 2 is 2.22 bits per heavy atom. The van der Waals surface area contributed by atoms with Crippen LogP contribution in [0.5, 0.6) is 0 Å². The van der Waals surface area contributed by atoms with Crippen molar-refractivity contribution in [1.82, 2.24) is 19.7 Å². The lowest BCUT2D eigenvalue weighted by atomic mass is 10.00. The summed E-state index contributed by atoms with van der Waals surface area (Å²) in [7, 11) is 1.80. The minimum Gasteiger partial charge on any atom is -0.383 e. The van der Waals surface area contributed by atoms with Crippen molar-refractivity contribution in [3.8, 4) is 0 Å². The van der Waals surface area contributed by atoms with Crippen molar-refractivity contribution in [2.75, 3.05) is 11.9 Å². The molecule has 7 heteroatoms. The third-order valence-corrected chi connectivity index (χ3v) is 2.73. The predicted octanol–water partition coefficient (Wildman–Crippen LogP) is 1.18. The first kappa shape index (κ1) is 12.8. The minimum absolute atomic E-state index is 0.285. The SMILES string of the molecule is Cn1cc(C(C)(O)CNc2cncc(Cl)n2)cn1. The highest BCUT2D eigenvalue weighted by molar-refractivity contribution is 6.29. The molecule has 2 aromatic heterocycles. The van der Waals surface area contributed by atoms with E-state index >= 15 is 0 Å². The van der Waals surface area contributed by atoms with E-state index in [9.17, 15) is 5.11 Å². The number of nitrogens with zero attached hydrogens (tertiary/aromatic N) is 4. The standard InChI is InChI=1S/C11H14ClN5O/c1-11(18,8-3-15-17(2)6-8)7-14-10-5-13-4-9(12)16-10/h3-6,18H,7H2,1-2H3,(H,14,16). The molecule has 0 saturated heterocycles. The molecule has 1 unspecified atom stereocenters. The summed E-state index contributed by atoms with van der Waals surface area (Å²) in [5.41, 5.74) is -0.314. The van der Waals surface area contributed by atoms with E-state index in [-0.39, 0.29) is 6.54 Å². The number of aromatic nitrogens is 4. The summed E-state index contributed by atoms with van der Waals surface area (Å²) in [6.45, 7) is 1.99. The topological polar surface area (TPSA) is 75.9 Å². The number of rotatable bonds is 4. The highest BCUT2D eigenvalue weighted by Gasteiger charge is 2.24. The van der Waals surface area contributed by atoms with E-state index in [4.69, 9.17) is 11.6 Å². The molecule has 0 aromatic carbocycles. The smallest absolute Gasteiger partial charge is 0.149 e. The van der Waals surface area contributed by atoms with Crippen molar-refractivity contribution in [1.29, 1.82) is 0 Å². The molecule has 0 aliphatic rings. The fourth-order valence-corrected chi connectivity index (χ4v) is 1.64. The molecule has 18 heavy (non-hydrogen) atoms. The molecule has 0 radical (unpaired) electrons. The van der Waals surface area contributed by atoms with Gasteiger partial charge < -0.3 is 10.4 Å². The molecule has 2 N–H and O–H groups in total. The zero-order chi connectivity index (χ0) is 13.2. The van der Waals surface area contributed by atoms with Gasteiger partial charge in [-0.05, 0) is 6.92 Å². The molecule has 0 spiro atoms. The molecule has 0 bridgehead atoms. The highest BCUT2D eigenvalue weighted by atomic mass is 35.5. The van der Waals surface area contributed by atoms with Crippen molar-refractivity contribution in [3.05, 3.63) is 35.5 Å². The second kappa shape index (κ2) is 4.91. The molecule has 1 atom stereocenters. The predicted molar refractivity (Wildman–Crippen MR) is 68.3 cm³/mol. The Morgan fingerprint density at radius 1 is 1.44 bits per heavy atom.